The molecule has 0 aliphatic carbocycles. The Morgan fingerprint density at radius 1 is 0.333 bits per heavy atom. The lowest BCUT2D eigenvalue weighted by Crippen LogP contribution is -2.11. The largest absolute Gasteiger partial charge is 0.455 e. The number of anilines is 3. The van der Waals surface area contributed by atoms with Gasteiger partial charge in [-0.2, -0.15) is 0 Å². The van der Waals surface area contributed by atoms with Gasteiger partial charge in [0, 0.05) is 33.1 Å². The summed E-state index contributed by atoms with van der Waals surface area (Å²) in [6.07, 6.45) is 0. The predicted molar refractivity (Wildman–Crippen MR) is 202 cm³/mol. The van der Waals surface area contributed by atoms with E-state index in [1.807, 2.05) is 12.1 Å². The molecule has 48 heavy (non-hydrogen) atoms. The molecule has 0 saturated carbocycles. The van der Waals surface area contributed by atoms with Crippen LogP contribution >= 0.6 is 0 Å². The molecule has 0 aliphatic rings. The van der Waals surface area contributed by atoms with Gasteiger partial charge in [0.05, 0.1) is 5.69 Å². The lowest BCUT2D eigenvalue weighted by Gasteiger charge is -2.28. The normalized spacial score (nSPS) is 11.3. The quantitative estimate of drug-likeness (QED) is 0.185. The van der Waals surface area contributed by atoms with Gasteiger partial charge < -0.3 is 9.32 Å². The van der Waals surface area contributed by atoms with Crippen LogP contribution < -0.4 is 4.90 Å². The van der Waals surface area contributed by atoms with Gasteiger partial charge >= 0.3 is 0 Å². The summed E-state index contributed by atoms with van der Waals surface area (Å²) in [5.74, 6) is 0. The molecule has 0 unspecified atom stereocenters. The zero-order valence-electron chi connectivity index (χ0n) is 26.3. The Bertz CT molecular complexity index is 2530. The highest BCUT2D eigenvalue weighted by Crippen LogP contribution is 2.43. The second-order valence-electron chi connectivity index (χ2n) is 12.1. The van der Waals surface area contributed by atoms with E-state index in [-0.39, 0.29) is 0 Å². The lowest BCUT2D eigenvalue weighted by molar-refractivity contribution is 0.672. The van der Waals surface area contributed by atoms with Crippen molar-refractivity contribution in [2.45, 2.75) is 0 Å². The van der Waals surface area contributed by atoms with Crippen LogP contribution in [0.15, 0.2) is 192 Å². The highest BCUT2D eigenvalue weighted by atomic mass is 16.3. The van der Waals surface area contributed by atoms with E-state index in [2.05, 4.69) is 181 Å². The molecule has 0 fully saturated rings. The van der Waals surface area contributed by atoms with Crippen LogP contribution in [0.4, 0.5) is 17.1 Å². The van der Waals surface area contributed by atoms with Crippen molar-refractivity contribution in [2.75, 3.05) is 4.90 Å². The van der Waals surface area contributed by atoms with E-state index >= 15 is 0 Å². The molecule has 9 aromatic rings. The highest BCUT2D eigenvalue weighted by molar-refractivity contribution is 6.19. The Balaban J connectivity index is 1.19. The topological polar surface area (TPSA) is 16.4 Å². The van der Waals surface area contributed by atoms with E-state index in [4.69, 9.17) is 4.42 Å². The van der Waals surface area contributed by atoms with Crippen molar-refractivity contribution < 1.29 is 4.42 Å². The Morgan fingerprint density at radius 2 is 0.833 bits per heavy atom. The van der Waals surface area contributed by atoms with Gasteiger partial charge in [0.25, 0.3) is 0 Å². The smallest absolute Gasteiger partial charge is 0.143 e. The number of nitrogens with zero attached hydrogens (tertiary/aromatic N) is 1. The fourth-order valence-electron chi connectivity index (χ4n) is 6.97. The van der Waals surface area contributed by atoms with Crippen LogP contribution in [0, 0.1) is 0 Å². The summed E-state index contributed by atoms with van der Waals surface area (Å²) < 4.78 is 6.38. The van der Waals surface area contributed by atoms with Crippen molar-refractivity contribution in [1.29, 1.82) is 0 Å². The van der Waals surface area contributed by atoms with Crippen molar-refractivity contribution in [3.63, 3.8) is 0 Å². The fourth-order valence-corrected chi connectivity index (χ4v) is 6.97. The Hall–Kier alpha value is -6.38. The first kappa shape index (κ1) is 27.9. The maximum Gasteiger partial charge on any atom is 0.143 e. The summed E-state index contributed by atoms with van der Waals surface area (Å²) in [6.45, 7) is 0. The van der Waals surface area contributed by atoms with E-state index < -0.39 is 0 Å². The molecule has 2 nitrogen and oxygen atoms in total. The molecule has 0 atom stereocenters. The summed E-state index contributed by atoms with van der Waals surface area (Å²) in [7, 11) is 0. The zero-order chi connectivity index (χ0) is 31.9. The van der Waals surface area contributed by atoms with E-state index in [0.717, 1.165) is 50.0 Å². The number of rotatable bonds is 6. The Kier molecular flexibility index (Phi) is 6.84. The molecular formula is C46H31NO. The van der Waals surface area contributed by atoms with Crippen LogP contribution in [-0.4, -0.2) is 0 Å². The van der Waals surface area contributed by atoms with Crippen LogP contribution in [0.1, 0.15) is 0 Å². The monoisotopic (exact) mass is 613 g/mol. The van der Waals surface area contributed by atoms with Crippen LogP contribution in [-0.2, 0) is 0 Å². The first-order chi connectivity index (χ1) is 23.8. The number of hydrogen-bond donors (Lipinski definition) is 0. The summed E-state index contributed by atoms with van der Waals surface area (Å²) in [4.78, 5) is 2.37. The maximum absolute atomic E-state index is 6.38. The molecule has 1 heterocycles. The summed E-state index contributed by atoms with van der Waals surface area (Å²) >= 11 is 0. The second-order valence-corrected chi connectivity index (χ2v) is 12.1. The van der Waals surface area contributed by atoms with Gasteiger partial charge in [-0.05, 0) is 75.7 Å². The maximum atomic E-state index is 6.38. The third-order valence-corrected chi connectivity index (χ3v) is 9.28. The number of furan rings is 1. The van der Waals surface area contributed by atoms with Gasteiger partial charge in [0.1, 0.15) is 11.2 Å². The molecule has 0 aliphatic heterocycles. The molecule has 9 rings (SSSR count). The van der Waals surface area contributed by atoms with E-state index in [1.165, 1.54) is 33.2 Å². The van der Waals surface area contributed by atoms with Gasteiger partial charge in [-0.1, -0.05) is 146 Å². The van der Waals surface area contributed by atoms with Crippen molar-refractivity contribution in [3.05, 3.63) is 188 Å². The first-order valence-corrected chi connectivity index (χ1v) is 16.4. The van der Waals surface area contributed by atoms with Crippen LogP contribution in [0.5, 0.6) is 0 Å². The molecule has 2 heteroatoms. The summed E-state index contributed by atoms with van der Waals surface area (Å²) in [5, 5.41) is 4.58. The lowest BCUT2D eigenvalue weighted by atomic mass is 9.95. The number of fused-ring (bicyclic) bond motifs is 5. The van der Waals surface area contributed by atoms with Crippen molar-refractivity contribution in [2.24, 2.45) is 0 Å². The summed E-state index contributed by atoms with van der Waals surface area (Å²) in [5.41, 5.74) is 12.3. The third kappa shape index (κ3) is 4.83. The molecule has 0 bridgehead atoms. The molecule has 0 radical (unpaired) electrons. The minimum Gasteiger partial charge on any atom is -0.455 e. The van der Waals surface area contributed by atoms with E-state index in [0.29, 0.717) is 0 Å². The zero-order valence-corrected chi connectivity index (χ0v) is 26.3. The van der Waals surface area contributed by atoms with Crippen LogP contribution in [0.25, 0.3) is 66.1 Å². The molecule has 0 spiro atoms. The van der Waals surface area contributed by atoms with Crippen LogP contribution in [0.3, 0.4) is 0 Å². The SMILES string of the molecule is c1ccc(-c2ccc(N(c3ccc(-c4cc5c6ccccc6oc5c5ccccc45)cc3)c3ccccc3-c3ccccc3)cc2)cc1. The molecule has 0 saturated heterocycles. The average molecular weight is 614 g/mol. The van der Waals surface area contributed by atoms with Gasteiger partial charge in [-0.3, -0.25) is 0 Å². The Morgan fingerprint density at radius 3 is 1.54 bits per heavy atom. The Labute approximate surface area is 279 Å². The summed E-state index contributed by atoms with van der Waals surface area (Å²) in [6, 6.07) is 66.9. The standard InChI is InChI=1S/C46H31NO/c1-3-13-32(14-4-1)33-23-27-36(28-24-33)47(44-21-11-9-17-38(44)34-15-5-2-6-16-34)37-29-25-35(26-30-37)42-31-43-40-19-10-12-22-45(40)48-46(43)41-20-8-7-18-39(41)42/h1-31H. The van der Waals surface area contributed by atoms with Crippen LogP contribution in [0.2, 0.25) is 0 Å². The van der Waals surface area contributed by atoms with E-state index in [9.17, 15) is 0 Å². The van der Waals surface area contributed by atoms with Crippen molar-refractivity contribution in [1.82, 2.24) is 0 Å². The number of para-hydroxylation sites is 2. The molecule has 0 N–H and O–H groups in total. The molecule has 226 valence electrons. The molecule has 0 amide bonds. The van der Waals surface area contributed by atoms with E-state index in [1.54, 1.807) is 0 Å². The fraction of sp³-hybridized carbons (Fsp3) is 0. The number of hydrogen-bond acceptors (Lipinski definition) is 2. The van der Waals surface area contributed by atoms with Crippen molar-refractivity contribution in [3.8, 4) is 33.4 Å². The van der Waals surface area contributed by atoms with Gasteiger partial charge in [0.15, 0.2) is 0 Å². The molecule has 1 aromatic heterocycles. The minimum atomic E-state index is 0.913. The molecular weight excluding hydrogens is 583 g/mol. The predicted octanol–water partition coefficient (Wildman–Crippen LogP) is 13.2. The second kappa shape index (κ2) is 11.8. The average Bonchev–Trinajstić information content (AvgIpc) is 3.55. The minimum absolute atomic E-state index is 0.913. The molecule has 8 aromatic carbocycles. The number of benzene rings is 8. The van der Waals surface area contributed by atoms with Gasteiger partial charge in [-0.25, -0.2) is 0 Å². The van der Waals surface area contributed by atoms with Crippen molar-refractivity contribution >= 4 is 49.8 Å². The first-order valence-electron chi connectivity index (χ1n) is 16.4. The van der Waals surface area contributed by atoms with Gasteiger partial charge in [-0.15, -0.1) is 0 Å². The van der Waals surface area contributed by atoms with Gasteiger partial charge in [0.2, 0.25) is 0 Å². The highest BCUT2D eigenvalue weighted by Gasteiger charge is 2.19. The third-order valence-electron chi connectivity index (χ3n) is 9.28.